The van der Waals surface area contributed by atoms with Crippen molar-refractivity contribution in [3.63, 3.8) is 0 Å². The van der Waals surface area contributed by atoms with Gasteiger partial charge in [-0.25, -0.2) is 9.97 Å². The Morgan fingerprint density at radius 2 is 1.84 bits per heavy atom. The fraction of sp³-hybridized carbons (Fsp3) is 0.333. The van der Waals surface area contributed by atoms with Gasteiger partial charge in [0.05, 0.1) is 11.4 Å². The van der Waals surface area contributed by atoms with Crippen molar-refractivity contribution in [1.29, 1.82) is 0 Å². The number of aromatic nitrogens is 4. The monoisotopic (exact) mass is 278 g/mol. The lowest BCUT2D eigenvalue weighted by atomic mass is 10.4. The molecule has 2 aromatic rings. The number of nitrogens with zero attached hydrogens (tertiary/aromatic N) is 4. The molecule has 0 aliphatic carbocycles. The van der Waals surface area contributed by atoms with E-state index in [1.54, 1.807) is 4.68 Å². The van der Waals surface area contributed by atoms with Crippen LogP contribution >= 0.6 is 11.8 Å². The summed E-state index contributed by atoms with van der Waals surface area (Å²) in [6, 6.07) is 3.71. The molecule has 0 fully saturated rings. The molecule has 2 heterocycles. The van der Waals surface area contributed by atoms with E-state index < -0.39 is 5.97 Å². The van der Waals surface area contributed by atoms with E-state index in [0.29, 0.717) is 5.95 Å². The van der Waals surface area contributed by atoms with Crippen LogP contribution in [0.3, 0.4) is 0 Å². The van der Waals surface area contributed by atoms with Gasteiger partial charge < -0.3 is 5.11 Å². The summed E-state index contributed by atoms with van der Waals surface area (Å²) in [6.45, 7) is 5.63. The summed E-state index contributed by atoms with van der Waals surface area (Å²) in [7, 11) is 0. The minimum absolute atomic E-state index is 0.0179. The highest BCUT2D eigenvalue weighted by molar-refractivity contribution is 7.99. The van der Waals surface area contributed by atoms with Crippen molar-refractivity contribution in [2.75, 3.05) is 5.75 Å². The van der Waals surface area contributed by atoms with Gasteiger partial charge in [0, 0.05) is 11.4 Å². The summed E-state index contributed by atoms with van der Waals surface area (Å²) in [5, 5.41) is 13.8. The van der Waals surface area contributed by atoms with Gasteiger partial charge in [0.15, 0.2) is 0 Å². The summed E-state index contributed by atoms with van der Waals surface area (Å²) in [6.07, 6.45) is 0. The van der Waals surface area contributed by atoms with Crippen molar-refractivity contribution in [2.24, 2.45) is 0 Å². The molecule has 6 nitrogen and oxygen atoms in total. The lowest BCUT2D eigenvalue weighted by Crippen LogP contribution is -2.07. The maximum Gasteiger partial charge on any atom is 0.313 e. The molecule has 2 aromatic heterocycles. The van der Waals surface area contributed by atoms with E-state index in [1.165, 1.54) is 11.8 Å². The fourth-order valence-corrected chi connectivity index (χ4v) is 2.43. The van der Waals surface area contributed by atoms with Crippen molar-refractivity contribution in [3.8, 4) is 5.95 Å². The molecule has 0 bridgehead atoms. The molecule has 19 heavy (non-hydrogen) atoms. The zero-order valence-corrected chi connectivity index (χ0v) is 11.7. The molecule has 100 valence electrons. The van der Waals surface area contributed by atoms with Gasteiger partial charge in [-0.3, -0.25) is 4.79 Å². The van der Waals surface area contributed by atoms with Crippen LogP contribution in [0.25, 0.3) is 5.95 Å². The van der Waals surface area contributed by atoms with Crippen molar-refractivity contribution in [1.82, 2.24) is 19.7 Å². The number of carboxylic acids is 1. The minimum Gasteiger partial charge on any atom is -0.481 e. The van der Waals surface area contributed by atoms with E-state index in [1.807, 2.05) is 32.9 Å². The summed E-state index contributed by atoms with van der Waals surface area (Å²) in [4.78, 5) is 19.3. The van der Waals surface area contributed by atoms with Crippen LogP contribution in [-0.2, 0) is 4.79 Å². The minimum atomic E-state index is -0.864. The first-order valence-electron chi connectivity index (χ1n) is 5.69. The highest BCUT2D eigenvalue weighted by Gasteiger charge is 2.12. The Morgan fingerprint density at radius 1 is 1.21 bits per heavy atom. The number of rotatable bonds is 4. The Hall–Kier alpha value is -1.89. The normalized spacial score (nSPS) is 10.7. The Bertz CT molecular complexity index is 604. The van der Waals surface area contributed by atoms with E-state index in [9.17, 15) is 4.79 Å². The Morgan fingerprint density at radius 3 is 2.42 bits per heavy atom. The number of aliphatic carboxylic acids is 1. The quantitative estimate of drug-likeness (QED) is 0.858. The second kappa shape index (κ2) is 5.40. The van der Waals surface area contributed by atoms with Gasteiger partial charge in [0.25, 0.3) is 5.95 Å². The molecule has 0 spiro atoms. The summed E-state index contributed by atoms with van der Waals surface area (Å²) < 4.78 is 1.59. The van der Waals surface area contributed by atoms with Crippen LogP contribution in [0.15, 0.2) is 17.2 Å². The Balaban J connectivity index is 2.40. The van der Waals surface area contributed by atoms with E-state index in [0.717, 1.165) is 22.1 Å². The Kier molecular flexibility index (Phi) is 3.84. The van der Waals surface area contributed by atoms with E-state index in [4.69, 9.17) is 5.11 Å². The summed E-state index contributed by atoms with van der Waals surface area (Å²) in [5.74, 6) is -0.411. The second-order valence-corrected chi connectivity index (χ2v) is 5.16. The number of hydrogen-bond donors (Lipinski definition) is 1. The molecule has 0 radical (unpaired) electrons. The smallest absolute Gasteiger partial charge is 0.313 e. The maximum absolute atomic E-state index is 10.7. The van der Waals surface area contributed by atoms with E-state index in [2.05, 4.69) is 15.1 Å². The van der Waals surface area contributed by atoms with Crippen molar-refractivity contribution in [3.05, 3.63) is 29.2 Å². The molecule has 2 rings (SSSR count). The van der Waals surface area contributed by atoms with Crippen molar-refractivity contribution >= 4 is 17.7 Å². The zero-order valence-electron chi connectivity index (χ0n) is 10.9. The molecule has 0 saturated heterocycles. The summed E-state index contributed by atoms with van der Waals surface area (Å²) in [5.41, 5.74) is 2.50. The molecular formula is C12H14N4O2S. The van der Waals surface area contributed by atoms with Crippen LogP contribution in [0.1, 0.15) is 17.1 Å². The van der Waals surface area contributed by atoms with Gasteiger partial charge in [0.1, 0.15) is 5.03 Å². The molecule has 0 aliphatic rings. The topological polar surface area (TPSA) is 80.9 Å². The number of hydrogen-bond acceptors (Lipinski definition) is 5. The molecule has 1 N–H and O–H groups in total. The van der Waals surface area contributed by atoms with E-state index >= 15 is 0 Å². The van der Waals surface area contributed by atoms with Crippen LogP contribution in [0.4, 0.5) is 0 Å². The largest absolute Gasteiger partial charge is 0.481 e. The SMILES string of the molecule is Cc1cc(C)nc(-n2nc(C)cc2SCC(=O)O)n1. The van der Waals surface area contributed by atoms with Gasteiger partial charge in [-0.2, -0.15) is 9.78 Å². The lowest BCUT2D eigenvalue weighted by Gasteiger charge is -2.06. The van der Waals surface area contributed by atoms with Crippen molar-refractivity contribution in [2.45, 2.75) is 25.8 Å². The average molecular weight is 278 g/mol. The van der Waals surface area contributed by atoms with Crippen LogP contribution in [0, 0.1) is 20.8 Å². The Labute approximate surface area is 114 Å². The first kappa shape index (κ1) is 13.5. The number of carboxylic acid groups (broad SMARTS) is 1. The first-order valence-corrected chi connectivity index (χ1v) is 6.68. The number of carbonyl (C=O) groups is 1. The predicted octanol–water partition coefficient (Wildman–Crippen LogP) is 1.76. The highest BCUT2D eigenvalue weighted by Crippen LogP contribution is 2.21. The van der Waals surface area contributed by atoms with Crippen LogP contribution in [-0.4, -0.2) is 36.6 Å². The maximum atomic E-state index is 10.7. The third-order valence-electron chi connectivity index (χ3n) is 2.30. The van der Waals surface area contributed by atoms with Crippen LogP contribution in [0.2, 0.25) is 0 Å². The number of aryl methyl sites for hydroxylation is 3. The molecule has 0 saturated carbocycles. The van der Waals surface area contributed by atoms with Gasteiger partial charge in [-0.05, 0) is 32.9 Å². The van der Waals surface area contributed by atoms with Crippen LogP contribution in [0.5, 0.6) is 0 Å². The molecule has 0 aliphatic heterocycles. The second-order valence-electron chi connectivity index (χ2n) is 4.17. The molecule has 0 amide bonds. The third-order valence-corrected chi connectivity index (χ3v) is 3.28. The molecule has 0 unspecified atom stereocenters. The first-order chi connectivity index (χ1) is 8.95. The molecular weight excluding hydrogens is 264 g/mol. The van der Waals surface area contributed by atoms with Gasteiger partial charge in [-0.15, -0.1) is 0 Å². The van der Waals surface area contributed by atoms with Crippen LogP contribution < -0.4 is 0 Å². The van der Waals surface area contributed by atoms with Gasteiger partial charge >= 0.3 is 5.97 Å². The molecule has 0 aromatic carbocycles. The molecule has 0 atom stereocenters. The predicted molar refractivity (Wildman–Crippen MR) is 71.7 cm³/mol. The van der Waals surface area contributed by atoms with E-state index in [-0.39, 0.29) is 5.75 Å². The summed E-state index contributed by atoms with van der Waals surface area (Å²) >= 11 is 1.20. The van der Waals surface area contributed by atoms with Gasteiger partial charge in [-0.1, -0.05) is 11.8 Å². The standard InChI is InChI=1S/C12H14N4O2S/c1-7-4-8(2)14-12(13-7)16-10(5-9(3)15-16)19-6-11(17)18/h4-5H,6H2,1-3H3,(H,17,18). The van der Waals surface area contributed by atoms with Crippen molar-refractivity contribution < 1.29 is 9.90 Å². The average Bonchev–Trinajstić information content (AvgIpc) is 2.66. The highest BCUT2D eigenvalue weighted by atomic mass is 32.2. The third kappa shape index (κ3) is 3.31. The zero-order chi connectivity index (χ0) is 14.0. The number of thioether (sulfide) groups is 1. The molecule has 7 heteroatoms. The fourth-order valence-electron chi connectivity index (χ4n) is 1.66. The van der Waals surface area contributed by atoms with Gasteiger partial charge in [0.2, 0.25) is 0 Å². The lowest BCUT2D eigenvalue weighted by molar-refractivity contribution is -0.133.